The third-order valence-electron chi connectivity index (χ3n) is 3.06. The lowest BCUT2D eigenvalue weighted by molar-refractivity contribution is 0.240. The third-order valence-corrected chi connectivity index (χ3v) is 4.35. The molecule has 1 aliphatic carbocycles. The highest BCUT2D eigenvalue weighted by molar-refractivity contribution is 7.11. The lowest BCUT2D eigenvalue weighted by Gasteiger charge is -2.33. The molecule has 0 bridgehead atoms. The number of rotatable bonds is 4. The van der Waals surface area contributed by atoms with Crippen molar-refractivity contribution in [2.45, 2.75) is 52.1 Å². The second-order valence-electron chi connectivity index (χ2n) is 4.97. The second kappa shape index (κ2) is 4.62. The molecule has 1 heterocycles. The summed E-state index contributed by atoms with van der Waals surface area (Å²) >= 11 is 1.84. The average Bonchev–Trinajstić information content (AvgIpc) is 2.59. The fourth-order valence-electron chi connectivity index (χ4n) is 1.97. The normalized spacial score (nSPS) is 25.6. The first-order valence-electron chi connectivity index (χ1n) is 5.83. The van der Waals surface area contributed by atoms with E-state index in [2.05, 4.69) is 31.1 Å². The van der Waals surface area contributed by atoms with Crippen LogP contribution in [0.3, 0.4) is 0 Å². The van der Waals surface area contributed by atoms with Gasteiger partial charge in [0.15, 0.2) is 0 Å². The molecule has 1 saturated carbocycles. The van der Waals surface area contributed by atoms with Gasteiger partial charge in [0.05, 0.1) is 0 Å². The summed E-state index contributed by atoms with van der Waals surface area (Å²) in [4.78, 5) is 5.84. The van der Waals surface area contributed by atoms with E-state index in [0.717, 1.165) is 18.5 Å². The Balaban J connectivity index is 1.78. The van der Waals surface area contributed by atoms with Crippen LogP contribution in [-0.4, -0.2) is 11.0 Å². The highest BCUT2D eigenvalue weighted by Gasteiger charge is 2.24. The van der Waals surface area contributed by atoms with E-state index in [1.54, 1.807) is 0 Å². The predicted molar refractivity (Wildman–Crippen MR) is 65.2 cm³/mol. The summed E-state index contributed by atoms with van der Waals surface area (Å²) in [6.07, 6.45) is 4.70. The smallest absolute Gasteiger partial charge is 0.107 e. The molecule has 0 unspecified atom stereocenters. The summed E-state index contributed by atoms with van der Waals surface area (Å²) in [6.45, 7) is 7.71. The van der Waals surface area contributed by atoms with Crippen LogP contribution in [0.15, 0.2) is 6.20 Å². The maximum Gasteiger partial charge on any atom is 0.107 e. The quantitative estimate of drug-likeness (QED) is 0.850. The molecule has 1 N–H and O–H groups in total. The summed E-state index contributed by atoms with van der Waals surface area (Å²) in [5.41, 5.74) is 0. The first-order valence-corrected chi connectivity index (χ1v) is 6.64. The molecule has 0 aliphatic heterocycles. The molecule has 1 aromatic rings. The Labute approximate surface area is 96.1 Å². The second-order valence-corrected chi connectivity index (χ2v) is 6.11. The Hall–Kier alpha value is -0.410. The van der Waals surface area contributed by atoms with Crippen LogP contribution in [0, 0.1) is 5.92 Å². The average molecular weight is 224 g/mol. The van der Waals surface area contributed by atoms with Gasteiger partial charge in [0.25, 0.3) is 0 Å². The van der Waals surface area contributed by atoms with Gasteiger partial charge in [-0.15, -0.1) is 11.3 Å². The molecule has 1 aromatic heterocycles. The topological polar surface area (TPSA) is 24.9 Å². The SMILES string of the molecule is CC1CC(NCc2ncc(C(C)C)s2)C1. The van der Waals surface area contributed by atoms with Gasteiger partial charge < -0.3 is 5.32 Å². The zero-order valence-corrected chi connectivity index (χ0v) is 10.6. The first kappa shape index (κ1) is 11.1. The van der Waals surface area contributed by atoms with Gasteiger partial charge in [-0.2, -0.15) is 0 Å². The minimum absolute atomic E-state index is 0.611. The number of hydrogen-bond donors (Lipinski definition) is 1. The van der Waals surface area contributed by atoms with Crippen LogP contribution in [0.1, 0.15) is 49.4 Å². The van der Waals surface area contributed by atoms with E-state index in [9.17, 15) is 0 Å². The van der Waals surface area contributed by atoms with Gasteiger partial charge in [0.2, 0.25) is 0 Å². The Morgan fingerprint density at radius 2 is 2.27 bits per heavy atom. The minimum atomic E-state index is 0.611. The van der Waals surface area contributed by atoms with Crippen molar-refractivity contribution in [1.29, 1.82) is 0 Å². The molecular formula is C12H20N2S. The molecule has 0 amide bonds. The zero-order chi connectivity index (χ0) is 10.8. The summed E-state index contributed by atoms with van der Waals surface area (Å²) in [6, 6.07) is 0.742. The predicted octanol–water partition coefficient (Wildman–Crippen LogP) is 3.15. The molecule has 0 saturated heterocycles. The molecule has 0 spiro atoms. The van der Waals surface area contributed by atoms with E-state index >= 15 is 0 Å². The number of thiazole rings is 1. The maximum absolute atomic E-state index is 4.44. The fraction of sp³-hybridized carbons (Fsp3) is 0.750. The fourth-order valence-corrected chi connectivity index (χ4v) is 2.85. The molecule has 0 atom stereocenters. The summed E-state index contributed by atoms with van der Waals surface area (Å²) in [5, 5.41) is 4.80. The van der Waals surface area contributed by atoms with Gasteiger partial charge in [0, 0.05) is 23.7 Å². The molecule has 3 heteroatoms. The van der Waals surface area contributed by atoms with Gasteiger partial charge in [0.1, 0.15) is 5.01 Å². The van der Waals surface area contributed by atoms with E-state index in [1.165, 1.54) is 22.7 Å². The van der Waals surface area contributed by atoms with Crippen molar-refractivity contribution in [3.63, 3.8) is 0 Å². The van der Waals surface area contributed by atoms with Gasteiger partial charge in [-0.3, -0.25) is 0 Å². The molecule has 2 rings (SSSR count). The molecule has 1 aliphatic rings. The molecule has 1 fully saturated rings. The van der Waals surface area contributed by atoms with Crippen molar-refractivity contribution in [3.8, 4) is 0 Å². The molecule has 15 heavy (non-hydrogen) atoms. The van der Waals surface area contributed by atoms with E-state index in [4.69, 9.17) is 0 Å². The number of hydrogen-bond acceptors (Lipinski definition) is 3. The standard InChI is InChI=1S/C12H20N2S/c1-8(2)11-6-14-12(15-11)7-13-10-4-9(3)5-10/h6,8-10,13H,4-5,7H2,1-3H3. The van der Waals surface area contributed by atoms with E-state index in [-0.39, 0.29) is 0 Å². The lowest BCUT2D eigenvalue weighted by atomic mass is 9.82. The first-order chi connectivity index (χ1) is 7.15. The van der Waals surface area contributed by atoms with Crippen LogP contribution in [0.25, 0.3) is 0 Å². The molecule has 2 nitrogen and oxygen atoms in total. The van der Waals surface area contributed by atoms with Crippen LogP contribution >= 0.6 is 11.3 Å². The van der Waals surface area contributed by atoms with Crippen LogP contribution in [0.2, 0.25) is 0 Å². The Bertz CT molecular complexity index is 313. The van der Waals surface area contributed by atoms with E-state index < -0.39 is 0 Å². The minimum Gasteiger partial charge on any atom is -0.308 e. The largest absolute Gasteiger partial charge is 0.308 e. The summed E-state index contributed by atoms with van der Waals surface area (Å²) < 4.78 is 0. The maximum atomic E-state index is 4.44. The van der Waals surface area contributed by atoms with Crippen molar-refractivity contribution in [3.05, 3.63) is 16.1 Å². The molecule has 0 aromatic carbocycles. The van der Waals surface area contributed by atoms with E-state index in [1.807, 2.05) is 17.5 Å². The molecule has 84 valence electrons. The van der Waals surface area contributed by atoms with Crippen LogP contribution < -0.4 is 5.32 Å². The van der Waals surface area contributed by atoms with Crippen LogP contribution in [-0.2, 0) is 6.54 Å². The number of nitrogens with zero attached hydrogens (tertiary/aromatic N) is 1. The number of nitrogens with one attached hydrogen (secondary N) is 1. The van der Waals surface area contributed by atoms with Crippen molar-refractivity contribution in [2.24, 2.45) is 5.92 Å². The highest BCUT2D eigenvalue weighted by Crippen LogP contribution is 2.27. The lowest BCUT2D eigenvalue weighted by Crippen LogP contribution is -2.39. The van der Waals surface area contributed by atoms with Crippen molar-refractivity contribution in [2.75, 3.05) is 0 Å². The molecular weight excluding hydrogens is 204 g/mol. The summed E-state index contributed by atoms with van der Waals surface area (Å²) in [5.74, 6) is 1.53. The van der Waals surface area contributed by atoms with E-state index in [0.29, 0.717) is 5.92 Å². The van der Waals surface area contributed by atoms with Crippen molar-refractivity contribution in [1.82, 2.24) is 10.3 Å². The van der Waals surface area contributed by atoms with Crippen LogP contribution in [0.4, 0.5) is 0 Å². The third kappa shape index (κ3) is 2.79. The van der Waals surface area contributed by atoms with Gasteiger partial charge in [-0.25, -0.2) is 4.98 Å². The zero-order valence-electron chi connectivity index (χ0n) is 9.79. The molecule has 0 radical (unpaired) electrons. The highest BCUT2D eigenvalue weighted by atomic mass is 32.1. The Kier molecular flexibility index (Phi) is 3.42. The van der Waals surface area contributed by atoms with Crippen LogP contribution in [0.5, 0.6) is 0 Å². The van der Waals surface area contributed by atoms with Crippen molar-refractivity contribution < 1.29 is 0 Å². The Morgan fingerprint density at radius 3 is 2.80 bits per heavy atom. The number of aromatic nitrogens is 1. The Morgan fingerprint density at radius 1 is 1.53 bits per heavy atom. The van der Waals surface area contributed by atoms with Crippen molar-refractivity contribution >= 4 is 11.3 Å². The van der Waals surface area contributed by atoms with Gasteiger partial charge in [-0.05, 0) is 24.7 Å². The van der Waals surface area contributed by atoms with Gasteiger partial charge in [-0.1, -0.05) is 20.8 Å². The summed E-state index contributed by atoms with van der Waals surface area (Å²) in [7, 11) is 0. The van der Waals surface area contributed by atoms with Gasteiger partial charge >= 0.3 is 0 Å². The monoisotopic (exact) mass is 224 g/mol.